The van der Waals surface area contributed by atoms with Crippen LogP contribution >= 0.6 is 11.8 Å². The van der Waals surface area contributed by atoms with E-state index in [0.717, 1.165) is 34.4 Å². The van der Waals surface area contributed by atoms with E-state index < -0.39 is 6.10 Å². The van der Waals surface area contributed by atoms with Crippen LogP contribution in [0.5, 0.6) is 5.75 Å². The van der Waals surface area contributed by atoms with Crippen LogP contribution in [0.4, 0.5) is 5.69 Å². The highest BCUT2D eigenvalue weighted by molar-refractivity contribution is 7.99. The predicted octanol–water partition coefficient (Wildman–Crippen LogP) is 5.30. The lowest BCUT2D eigenvalue weighted by molar-refractivity contribution is -0.153. The third kappa shape index (κ3) is 5.03. The first-order chi connectivity index (χ1) is 15.6. The Morgan fingerprint density at radius 3 is 2.69 bits per heavy atom. The maximum Gasteiger partial charge on any atom is 0.335 e. The van der Waals surface area contributed by atoms with Crippen LogP contribution in [0.1, 0.15) is 19.4 Å². The lowest BCUT2D eigenvalue weighted by atomic mass is 10.0. The summed E-state index contributed by atoms with van der Waals surface area (Å²) in [6.07, 6.45) is -0.171. The van der Waals surface area contributed by atoms with E-state index in [2.05, 4.69) is 60.4 Å². The Bertz CT molecular complexity index is 1090. The van der Waals surface area contributed by atoms with Crippen molar-refractivity contribution in [2.75, 3.05) is 30.9 Å². The van der Waals surface area contributed by atoms with E-state index in [1.165, 1.54) is 17.7 Å². The summed E-state index contributed by atoms with van der Waals surface area (Å²) in [5.74, 6) is 1.55. The molecule has 2 unspecified atom stereocenters. The van der Waals surface area contributed by atoms with Crippen molar-refractivity contribution in [1.29, 1.82) is 0 Å². The molecule has 0 amide bonds. The number of hydrogen-bond acceptors (Lipinski definition) is 6. The quantitative estimate of drug-likeness (QED) is 0.433. The van der Waals surface area contributed by atoms with E-state index in [1.807, 2.05) is 30.8 Å². The van der Waals surface area contributed by atoms with Gasteiger partial charge in [0.1, 0.15) is 5.75 Å². The molecule has 0 radical (unpaired) electrons. The Morgan fingerprint density at radius 1 is 1.09 bits per heavy atom. The van der Waals surface area contributed by atoms with Gasteiger partial charge in [0.15, 0.2) is 12.3 Å². The van der Waals surface area contributed by atoms with Gasteiger partial charge in [-0.3, -0.25) is 0 Å². The molecule has 32 heavy (non-hydrogen) atoms. The van der Waals surface area contributed by atoms with Crippen LogP contribution in [0.25, 0.3) is 10.8 Å². The van der Waals surface area contributed by atoms with Crippen LogP contribution in [0.3, 0.4) is 0 Å². The molecule has 168 valence electrons. The van der Waals surface area contributed by atoms with Gasteiger partial charge in [-0.25, -0.2) is 4.79 Å². The van der Waals surface area contributed by atoms with Crippen LogP contribution in [-0.2, 0) is 20.7 Å². The topological polar surface area (TPSA) is 48.0 Å². The smallest absolute Gasteiger partial charge is 0.335 e. The monoisotopic (exact) mass is 451 g/mol. The normalized spacial score (nSPS) is 15.2. The molecule has 1 aliphatic heterocycles. The first-order valence-corrected chi connectivity index (χ1v) is 11.9. The summed E-state index contributed by atoms with van der Waals surface area (Å²) in [6, 6.07) is 20.8. The first kappa shape index (κ1) is 22.5. The fraction of sp³-hybridized carbons (Fsp3) is 0.346. The fourth-order valence-corrected chi connectivity index (χ4v) is 5.08. The minimum absolute atomic E-state index is 0.0687. The number of anilines is 1. The number of carbonyl (C=O) groups excluding carboxylic acids is 1. The lowest BCUT2D eigenvalue weighted by Crippen LogP contribution is -2.40. The van der Waals surface area contributed by atoms with E-state index >= 15 is 0 Å². The summed E-state index contributed by atoms with van der Waals surface area (Å²) in [6.45, 7) is 5.40. The molecule has 0 aromatic heterocycles. The molecule has 0 bridgehead atoms. The average molecular weight is 452 g/mol. The number of carbonyl (C=O) groups is 1. The van der Waals surface area contributed by atoms with Crippen LogP contribution in [0.15, 0.2) is 65.6 Å². The number of esters is 1. The maximum atomic E-state index is 12.0. The van der Waals surface area contributed by atoms with Gasteiger partial charge in [-0.1, -0.05) is 36.4 Å². The molecule has 0 N–H and O–H groups in total. The summed E-state index contributed by atoms with van der Waals surface area (Å²) >= 11 is 1.89. The molecule has 3 aromatic rings. The lowest BCUT2D eigenvalue weighted by Gasteiger charge is -2.35. The molecule has 5 nitrogen and oxygen atoms in total. The number of rotatable bonds is 8. The summed E-state index contributed by atoms with van der Waals surface area (Å²) < 4.78 is 16.7. The molecule has 0 aliphatic carbocycles. The van der Waals surface area contributed by atoms with Gasteiger partial charge in [-0.2, -0.15) is 0 Å². The Kier molecular flexibility index (Phi) is 7.22. The summed E-state index contributed by atoms with van der Waals surface area (Å²) in [7, 11) is 1.39. The van der Waals surface area contributed by atoms with Gasteiger partial charge in [-0.15, -0.1) is 11.8 Å². The Labute approximate surface area is 193 Å². The number of methoxy groups -OCH3 is 1. The van der Waals surface area contributed by atoms with Crippen molar-refractivity contribution in [2.45, 2.75) is 37.5 Å². The molecule has 1 aliphatic rings. The van der Waals surface area contributed by atoms with Crippen molar-refractivity contribution in [3.8, 4) is 5.75 Å². The zero-order chi connectivity index (χ0) is 22.5. The van der Waals surface area contributed by atoms with Gasteiger partial charge in [0.05, 0.1) is 12.8 Å². The highest BCUT2D eigenvalue weighted by Gasteiger charge is 2.23. The maximum absolute atomic E-state index is 12.0. The van der Waals surface area contributed by atoms with E-state index in [-0.39, 0.29) is 12.2 Å². The van der Waals surface area contributed by atoms with Crippen molar-refractivity contribution < 1.29 is 19.0 Å². The predicted molar refractivity (Wildman–Crippen MR) is 130 cm³/mol. The Morgan fingerprint density at radius 2 is 1.88 bits per heavy atom. The van der Waals surface area contributed by atoms with Crippen LogP contribution in [0.2, 0.25) is 0 Å². The zero-order valence-electron chi connectivity index (χ0n) is 18.7. The minimum Gasteiger partial charge on any atom is -0.471 e. The van der Waals surface area contributed by atoms with Crippen molar-refractivity contribution in [3.05, 3.63) is 66.2 Å². The number of benzene rings is 3. The molecule has 1 heterocycles. The highest BCUT2D eigenvalue weighted by Crippen LogP contribution is 2.36. The van der Waals surface area contributed by atoms with Crippen molar-refractivity contribution in [2.24, 2.45) is 0 Å². The molecule has 6 heteroatoms. The van der Waals surface area contributed by atoms with Crippen molar-refractivity contribution in [1.82, 2.24) is 0 Å². The van der Waals surface area contributed by atoms with Crippen molar-refractivity contribution >= 4 is 34.2 Å². The highest BCUT2D eigenvalue weighted by atomic mass is 32.2. The second-order valence-corrected chi connectivity index (χ2v) is 8.88. The number of thioether (sulfide) groups is 1. The molecule has 0 saturated carbocycles. The van der Waals surface area contributed by atoms with E-state index in [9.17, 15) is 4.79 Å². The average Bonchev–Trinajstić information content (AvgIpc) is 2.83. The standard InChI is InChI=1S/C26H29NO4S/c1-4-30-24(26(28)29-3)16-19-9-10-21-17-22(12-11-20(21)15-19)31-18(2)27-13-14-32-25-8-6-5-7-23(25)27/h5-12,15,17-18,24H,4,13-14,16H2,1-3H3. The van der Waals surface area contributed by atoms with E-state index in [4.69, 9.17) is 14.2 Å². The van der Waals surface area contributed by atoms with Crippen molar-refractivity contribution in [3.63, 3.8) is 0 Å². The zero-order valence-corrected chi connectivity index (χ0v) is 19.6. The van der Waals surface area contributed by atoms with Gasteiger partial charge in [0.25, 0.3) is 0 Å². The first-order valence-electron chi connectivity index (χ1n) is 11.0. The molecule has 0 spiro atoms. The largest absolute Gasteiger partial charge is 0.471 e. The van der Waals surface area contributed by atoms with Crippen LogP contribution in [-0.4, -0.2) is 44.3 Å². The van der Waals surface area contributed by atoms with Gasteiger partial charge < -0.3 is 19.1 Å². The van der Waals surface area contributed by atoms with Crippen LogP contribution < -0.4 is 9.64 Å². The van der Waals surface area contributed by atoms with Gasteiger partial charge in [0, 0.05) is 30.2 Å². The van der Waals surface area contributed by atoms with E-state index in [0.29, 0.717) is 13.0 Å². The van der Waals surface area contributed by atoms with Crippen LogP contribution in [0, 0.1) is 0 Å². The third-order valence-corrected chi connectivity index (χ3v) is 6.68. The Balaban J connectivity index is 1.48. The number of nitrogens with zero attached hydrogens (tertiary/aromatic N) is 1. The molecule has 0 fully saturated rings. The van der Waals surface area contributed by atoms with E-state index in [1.54, 1.807) is 0 Å². The molecule has 3 aromatic carbocycles. The SMILES string of the molecule is CCOC(Cc1ccc2cc(OC(C)N3CCSc4ccccc43)ccc2c1)C(=O)OC. The summed E-state index contributed by atoms with van der Waals surface area (Å²) in [5.41, 5.74) is 2.27. The summed E-state index contributed by atoms with van der Waals surface area (Å²) in [4.78, 5) is 15.6. The number of para-hydroxylation sites is 1. The molecular formula is C26H29NO4S. The minimum atomic E-state index is -0.587. The van der Waals surface area contributed by atoms with Gasteiger partial charge in [0.2, 0.25) is 0 Å². The molecule has 4 rings (SSSR count). The number of ether oxygens (including phenoxy) is 3. The molecule has 2 atom stereocenters. The molecule has 0 saturated heterocycles. The second-order valence-electron chi connectivity index (χ2n) is 7.74. The van der Waals surface area contributed by atoms with Gasteiger partial charge in [-0.05, 0) is 54.4 Å². The second kappa shape index (κ2) is 10.3. The summed E-state index contributed by atoms with van der Waals surface area (Å²) in [5, 5.41) is 2.20. The fourth-order valence-electron chi connectivity index (χ4n) is 4.06. The Hall–Kier alpha value is -2.70. The number of fused-ring (bicyclic) bond motifs is 2. The number of hydrogen-bond donors (Lipinski definition) is 0. The van der Waals surface area contributed by atoms with Gasteiger partial charge >= 0.3 is 5.97 Å². The third-order valence-electron chi connectivity index (χ3n) is 5.64. The molecular weight excluding hydrogens is 422 g/mol.